The van der Waals surface area contributed by atoms with E-state index in [2.05, 4.69) is 11.1 Å². The quantitative estimate of drug-likeness (QED) is 0.569. The fraction of sp³-hybridized carbons (Fsp3) is 0.200. The Morgan fingerprint density at radius 1 is 1.00 bits per heavy atom. The third-order valence-electron chi connectivity index (χ3n) is 4.70. The van der Waals surface area contributed by atoms with E-state index in [1.807, 2.05) is 6.07 Å². The first-order valence-electron chi connectivity index (χ1n) is 8.38. The molecule has 0 spiro atoms. The first-order valence-corrected chi connectivity index (χ1v) is 8.38. The van der Waals surface area contributed by atoms with Crippen molar-refractivity contribution in [3.8, 4) is 5.75 Å². The van der Waals surface area contributed by atoms with Crippen LogP contribution in [0.25, 0.3) is 10.9 Å². The maximum atomic E-state index is 12.6. The van der Waals surface area contributed by atoms with Gasteiger partial charge in [-0.05, 0) is 61.6 Å². The van der Waals surface area contributed by atoms with Crippen LogP contribution in [-0.2, 0) is 12.8 Å². The number of amides is 1. The van der Waals surface area contributed by atoms with Crippen molar-refractivity contribution in [2.75, 3.05) is 0 Å². The van der Waals surface area contributed by atoms with Crippen LogP contribution in [-0.4, -0.2) is 16.9 Å². The van der Waals surface area contributed by atoms with Crippen LogP contribution in [0.4, 0.5) is 0 Å². The molecule has 0 aliphatic heterocycles. The van der Waals surface area contributed by atoms with E-state index in [0.717, 1.165) is 23.7 Å². The van der Waals surface area contributed by atoms with Gasteiger partial charge in [0, 0.05) is 16.6 Å². The van der Waals surface area contributed by atoms with E-state index in [0.29, 0.717) is 16.9 Å². The summed E-state index contributed by atoms with van der Waals surface area (Å²) in [5, 5.41) is 1.10. The van der Waals surface area contributed by atoms with Gasteiger partial charge in [-0.15, -0.1) is 0 Å². The molecule has 2 aromatic carbocycles. The van der Waals surface area contributed by atoms with E-state index in [1.165, 1.54) is 24.1 Å². The van der Waals surface area contributed by atoms with Gasteiger partial charge in [-0.25, -0.2) is 4.79 Å². The van der Waals surface area contributed by atoms with E-state index in [9.17, 15) is 9.59 Å². The van der Waals surface area contributed by atoms with Gasteiger partial charge < -0.3 is 15.5 Å². The van der Waals surface area contributed by atoms with Gasteiger partial charge in [-0.1, -0.05) is 12.1 Å². The molecule has 5 nitrogen and oxygen atoms in total. The van der Waals surface area contributed by atoms with Gasteiger partial charge in [0.1, 0.15) is 5.75 Å². The number of aromatic nitrogens is 1. The molecule has 5 heteroatoms. The molecular weight excluding hydrogens is 316 g/mol. The molecule has 25 heavy (non-hydrogen) atoms. The SMILES string of the molecule is NC(=O)c1ccc(OC(=O)c2cccc3c4c([nH]c23)CCCC4)cc1. The van der Waals surface area contributed by atoms with Crippen LogP contribution in [0.5, 0.6) is 5.75 Å². The number of rotatable bonds is 3. The lowest BCUT2D eigenvalue weighted by Gasteiger charge is -2.10. The highest BCUT2D eigenvalue weighted by Gasteiger charge is 2.20. The zero-order chi connectivity index (χ0) is 17.4. The maximum absolute atomic E-state index is 12.6. The standard InChI is InChI=1S/C20H18N2O3/c21-19(23)12-8-10-13(11-9-12)25-20(24)16-6-3-5-15-14-4-1-2-7-17(14)22-18(15)16/h3,5-6,8-11,22H,1-2,4,7H2,(H2,21,23). The molecule has 3 N–H and O–H groups in total. The Bertz CT molecular complexity index is 971. The predicted octanol–water partition coefficient (Wildman–Crippen LogP) is 3.36. The molecule has 0 bridgehead atoms. The van der Waals surface area contributed by atoms with Gasteiger partial charge in [0.15, 0.2) is 0 Å². The minimum absolute atomic E-state index is 0.374. The number of nitrogens with two attached hydrogens (primary N) is 1. The molecule has 0 radical (unpaired) electrons. The smallest absolute Gasteiger partial charge is 0.345 e. The first kappa shape index (κ1) is 15.4. The Balaban J connectivity index is 1.66. The fourth-order valence-corrected chi connectivity index (χ4v) is 3.45. The van der Waals surface area contributed by atoms with Crippen molar-refractivity contribution in [1.82, 2.24) is 4.98 Å². The molecule has 0 saturated heterocycles. The van der Waals surface area contributed by atoms with Crippen molar-refractivity contribution in [2.45, 2.75) is 25.7 Å². The first-order chi connectivity index (χ1) is 12.1. The monoisotopic (exact) mass is 334 g/mol. The summed E-state index contributed by atoms with van der Waals surface area (Å²) >= 11 is 0. The number of ether oxygens (including phenoxy) is 1. The van der Waals surface area contributed by atoms with Gasteiger partial charge in [-0.3, -0.25) is 4.79 Å². The van der Waals surface area contributed by atoms with Crippen molar-refractivity contribution in [1.29, 1.82) is 0 Å². The van der Waals surface area contributed by atoms with E-state index in [-0.39, 0.29) is 0 Å². The van der Waals surface area contributed by atoms with Crippen molar-refractivity contribution in [3.63, 3.8) is 0 Å². The molecule has 1 heterocycles. The summed E-state index contributed by atoms with van der Waals surface area (Å²) in [7, 11) is 0. The van der Waals surface area contributed by atoms with E-state index in [1.54, 1.807) is 30.3 Å². The van der Waals surface area contributed by atoms with E-state index < -0.39 is 11.9 Å². The minimum Gasteiger partial charge on any atom is -0.423 e. The normalized spacial score (nSPS) is 13.4. The number of esters is 1. The summed E-state index contributed by atoms with van der Waals surface area (Å²) < 4.78 is 5.46. The van der Waals surface area contributed by atoms with Crippen LogP contribution in [0.15, 0.2) is 42.5 Å². The highest BCUT2D eigenvalue weighted by molar-refractivity contribution is 6.05. The largest absolute Gasteiger partial charge is 0.423 e. The number of hydrogen-bond donors (Lipinski definition) is 2. The second-order valence-corrected chi connectivity index (χ2v) is 6.30. The Kier molecular flexibility index (Phi) is 3.76. The van der Waals surface area contributed by atoms with Crippen LogP contribution < -0.4 is 10.5 Å². The summed E-state index contributed by atoms with van der Waals surface area (Å²) in [6.45, 7) is 0. The molecular formula is C20H18N2O3. The molecule has 0 fully saturated rings. The summed E-state index contributed by atoms with van der Waals surface area (Å²) in [6, 6.07) is 11.9. The Morgan fingerprint density at radius 2 is 1.76 bits per heavy atom. The van der Waals surface area contributed by atoms with Crippen LogP contribution >= 0.6 is 0 Å². The summed E-state index contributed by atoms with van der Waals surface area (Å²) in [4.78, 5) is 27.1. The molecule has 1 aromatic heterocycles. The van der Waals surface area contributed by atoms with Gasteiger partial charge in [0.2, 0.25) is 5.91 Å². The number of carbonyl (C=O) groups excluding carboxylic acids is 2. The number of fused-ring (bicyclic) bond motifs is 3. The molecule has 0 saturated carbocycles. The maximum Gasteiger partial charge on any atom is 0.345 e. The molecule has 4 rings (SSSR count). The van der Waals surface area contributed by atoms with Crippen molar-refractivity contribution in [3.05, 3.63) is 64.8 Å². The fourth-order valence-electron chi connectivity index (χ4n) is 3.45. The Hall–Kier alpha value is -3.08. The van der Waals surface area contributed by atoms with Crippen molar-refractivity contribution >= 4 is 22.8 Å². The van der Waals surface area contributed by atoms with Gasteiger partial charge in [0.05, 0.1) is 11.1 Å². The van der Waals surface area contributed by atoms with E-state index in [4.69, 9.17) is 10.5 Å². The Labute approximate surface area is 144 Å². The molecule has 3 aromatic rings. The number of hydrogen-bond acceptors (Lipinski definition) is 3. The summed E-state index contributed by atoms with van der Waals surface area (Å²) in [5.74, 6) is -0.557. The van der Waals surface area contributed by atoms with Crippen molar-refractivity contribution < 1.29 is 14.3 Å². The molecule has 1 aliphatic carbocycles. The summed E-state index contributed by atoms with van der Waals surface area (Å²) in [6.07, 6.45) is 4.42. The zero-order valence-corrected chi connectivity index (χ0v) is 13.7. The second kappa shape index (κ2) is 6.09. The lowest BCUT2D eigenvalue weighted by Crippen LogP contribution is -2.11. The molecule has 126 valence electrons. The third kappa shape index (κ3) is 2.78. The lowest BCUT2D eigenvalue weighted by molar-refractivity contribution is 0.0736. The number of carbonyl (C=O) groups is 2. The highest BCUT2D eigenvalue weighted by Crippen LogP contribution is 2.31. The molecule has 1 aliphatic rings. The molecule has 0 atom stereocenters. The van der Waals surface area contributed by atoms with Crippen LogP contribution in [0.2, 0.25) is 0 Å². The van der Waals surface area contributed by atoms with Gasteiger partial charge in [-0.2, -0.15) is 0 Å². The lowest BCUT2D eigenvalue weighted by atomic mass is 9.95. The molecule has 1 amide bonds. The summed E-state index contributed by atoms with van der Waals surface area (Å²) in [5.41, 5.74) is 9.50. The number of aryl methyl sites for hydroxylation is 2. The van der Waals surface area contributed by atoms with E-state index >= 15 is 0 Å². The van der Waals surface area contributed by atoms with Crippen molar-refractivity contribution in [2.24, 2.45) is 5.73 Å². The average molecular weight is 334 g/mol. The number of benzene rings is 2. The number of H-pyrrole nitrogens is 1. The number of primary amides is 1. The highest BCUT2D eigenvalue weighted by atomic mass is 16.5. The topological polar surface area (TPSA) is 85.2 Å². The number of aromatic amines is 1. The minimum atomic E-state index is -0.514. The predicted molar refractivity (Wildman–Crippen MR) is 94.9 cm³/mol. The zero-order valence-electron chi connectivity index (χ0n) is 13.7. The average Bonchev–Trinajstić information content (AvgIpc) is 3.00. The molecule has 0 unspecified atom stereocenters. The van der Waals surface area contributed by atoms with Gasteiger partial charge >= 0.3 is 5.97 Å². The number of para-hydroxylation sites is 1. The second-order valence-electron chi connectivity index (χ2n) is 6.30. The van der Waals surface area contributed by atoms with Crippen LogP contribution in [0.1, 0.15) is 44.8 Å². The van der Waals surface area contributed by atoms with Crippen LogP contribution in [0.3, 0.4) is 0 Å². The third-order valence-corrected chi connectivity index (χ3v) is 4.70. The van der Waals surface area contributed by atoms with Crippen LogP contribution in [0, 0.1) is 0 Å². The Morgan fingerprint density at radius 3 is 2.52 bits per heavy atom. The number of nitrogens with one attached hydrogen (secondary N) is 1. The van der Waals surface area contributed by atoms with Gasteiger partial charge in [0.25, 0.3) is 0 Å².